The van der Waals surface area contributed by atoms with Gasteiger partial charge >= 0.3 is 0 Å². The van der Waals surface area contributed by atoms with Crippen molar-refractivity contribution in [1.82, 2.24) is 4.31 Å². The van der Waals surface area contributed by atoms with Crippen molar-refractivity contribution >= 4 is 10.0 Å². The van der Waals surface area contributed by atoms with Crippen molar-refractivity contribution in [3.05, 3.63) is 29.6 Å². The molecule has 20 heavy (non-hydrogen) atoms. The van der Waals surface area contributed by atoms with Crippen LogP contribution in [0.4, 0.5) is 4.39 Å². The smallest absolute Gasteiger partial charge is 0.246 e. The van der Waals surface area contributed by atoms with Crippen LogP contribution in [0.5, 0.6) is 0 Å². The van der Waals surface area contributed by atoms with E-state index in [2.05, 4.69) is 0 Å². The number of hydrogen-bond donors (Lipinski definition) is 1. The molecule has 0 atom stereocenters. The van der Waals surface area contributed by atoms with Gasteiger partial charge in [0.25, 0.3) is 0 Å². The van der Waals surface area contributed by atoms with Gasteiger partial charge in [0.15, 0.2) is 0 Å². The van der Waals surface area contributed by atoms with Gasteiger partial charge in [-0.2, -0.15) is 4.31 Å². The van der Waals surface area contributed by atoms with E-state index in [0.29, 0.717) is 12.2 Å². The van der Waals surface area contributed by atoms with Gasteiger partial charge in [0.05, 0.1) is 6.61 Å². The third-order valence-corrected chi connectivity index (χ3v) is 4.90. The first-order valence-electron chi connectivity index (χ1n) is 6.53. The molecule has 0 radical (unpaired) electrons. The quantitative estimate of drug-likeness (QED) is 0.735. The second kappa shape index (κ2) is 7.68. The van der Waals surface area contributed by atoms with Gasteiger partial charge in [-0.1, -0.05) is 13.0 Å². The van der Waals surface area contributed by atoms with Crippen LogP contribution in [0.15, 0.2) is 23.1 Å². The van der Waals surface area contributed by atoms with E-state index in [-0.39, 0.29) is 31.1 Å². The van der Waals surface area contributed by atoms with Gasteiger partial charge in [-0.25, -0.2) is 12.8 Å². The summed E-state index contributed by atoms with van der Waals surface area (Å²) in [5.41, 5.74) is 5.96. The molecule has 0 aromatic heterocycles. The fraction of sp³-hybridized carbons (Fsp3) is 0.538. The predicted molar refractivity (Wildman–Crippen MR) is 75.2 cm³/mol. The predicted octanol–water partition coefficient (Wildman–Crippen LogP) is 1.33. The van der Waals surface area contributed by atoms with Crippen LogP contribution in [-0.2, 0) is 21.3 Å². The molecule has 2 N–H and O–H groups in total. The van der Waals surface area contributed by atoms with Crippen LogP contribution in [-0.4, -0.2) is 39.0 Å². The molecule has 0 bridgehead atoms. The average Bonchev–Trinajstić information content (AvgIpc) is 2.42. The maximum Gasteiger partial charge on any atom is 0.246 e. The molecular formula is C13H21FN2O3S. The Morgan fingerprint density at radius 1 is 1.35 bits per heavy atom. The zero-order chi connectivity index (χ0) is 15.2. The van der Waals surface area contributed by atoms with E-state index >= 15 is 0 Å². The molecule has 1 rings (SSSR count). The summed E-state index contributed by atoms with van der Waals surface area (Å²) in [5, 5.41) is 0. The third-order valence-electron chi connectivity index (χ3n) is 2.89. The van der Waals surface area contributed by atoms with Gasteiger partial charge in [0.1, 0.15) is 10.7 Å². The Labute approximate surface area is 119 Å². The fourth-order valence-electron chi connectivity index (χ4n) is 1.78. The largest absolute Gasteiger partial charge is 0.380 e. The molecule has 0 unspecified atom stereocenters. The minimum atomic E-state index is -3.85. The molecule has 114 valence electrons. The van der Waals surface area contributed by atoms with Crippen molar-refractivity contribution < 1.29 is 17.5 Å². The zero-order valence-corrected chi connectivity index (χ0v) is 12.6. The summed E-state index contributed by atoms with van der Waals surface area (Å²) < 4.78 is 45.0. The van der Waals surface area contributed by atoms with Crippen molar-refractivity contribution in [3.63, 3.8) is 0 Å². The van der Waals surface area contributed by atoms with Crippen molar-refractivity contribution in [2.24, 2.45) is 5.73 Å². The number of benzene rings is 1. The minimum Gasteiger partial charge on any atom is -0.380 e. The Balaban J connectivity index is 3.01. The topological polar surface area (TPSA) is 72.6 Å². The number of nitrogens with two attached hydrogens (primary N) is 1. The Bertz CT molecular complexity index is 534. The first-order chi connectivity index (χ1) is 9.47. The van der Waals surface area contributed by atoms with E-state index in [1.54, 1.807) is 6.92 Å². The molecule has 0 amide bonds. The van der Waals surface area contributed by atoms with Crippen LogP contribution in [0.3, 0.4) is 0 Å². The van der Waals surface area contributed by atoms with E-state index in [1.165, 1.54) is 16.4 Å². The molecule has 0 saturated heterocycles. The molecule has 0 aliphatic rings. The first kappa shape index (κ1) is 17.0. The van der Waals surface area contributed by atoms with Crippen LogP contribution in [0, 0.1) is 5.82 Å². The molecular weight excluding hydrogens is 283 g/mol. The van der Waals surface area contributed by atoms with Crippen LogP contribution >= 0.6 is 0 Å². The lowest BCUT2D eigenvalue weighted by molar-refractivity contribution is 0.135. The van der Waals surface area contributed by atoms with Crippen molar-refractivity contribution in [2.45, 2.75) is 25.3 Å². The van der Waals surface area contributed by atoms with Gasteiger partial charge in [-0.15, -0.1) is 0 Å². The molecule has 0 fully saturated rings. The summed E-state index contributed by atoms with van der Waals surface area (Å²) in [7, 11) is -3.85. The van der Waals surface area contributed by atoms with Crippen LogP contribution in [0.1, 0.15) is 19.4 Å². The Morgan fingerprint density at radius 2 is 2.05 bits per heavy atom. The lowest BCUT2D eigenvalue weighted by Crippen LogP contribution is -2.34. The van der Waals surface area contributed by atoms with Crippen molar-refractivity contribution in [3.8, 4) is 0 Å². The van der Waals surface area contributed by atoms with E-state index < -0.39 is 15.8 Å². The van der Waals surface area contributed by atoms with Crippen LogP contribution < -0.4 is 5.73 Å². The number of rotatable bonds is 8. The van der Waals surface area contributed by atoms with E-state index in [4.69, 9.17) is 10.5 Å². The van der Waals surface area contributed by atoms with Crippen LogP contribution in [0.25, 0.3) is 0 Å². The maximum absolute atomic E-state index is 13.9. The number of hydrogen-bond acceptors (Lipinski definition) is 4. The molecule has 0 spiro atoms. The Hall–Kier alpha value is -1.02. The molecule has 7 heteroatoms. The Kier molecular flexibility index (Phi) is 6.54. The molecule has 1 aromatic carbocycles. The maximum atomic E-state index is 13.9. The highest BCUT2D eigenvalue weighted by Gasteiger charge is 2.26. The van der Waals surface area contributed by atoms with Gasteiger partial charge in [0.2, 0.25) is 10.0 Å². The molecule has 1 aromatic rings. The number of likely N-dealkylation sites (N-methyl/N-ethyl adjacent to an activating group) is 1. The first-order valence-corrected chi connectivity index (χ1v) is 7.97. The minimum absolute atomic E-state index is 0.166. The number of ether oxygens (including phenoxy) is 1. The normalized spacial score (nSPS) is 12.1. The number of halogens is 1. The highest BCUT2D eigenvalue weighted by molar-refractivity contribution is 7.89. The molecule has 0 aliphatic heterocycles. The second-order valence-corrected chi connectivity index (χ2v) is 6.07. The second-order valence-electron chi connectivity index (χ2n) is 4.16. The number of sulfonamides is 1. The molecule has 0 aliphatic carbocycles. The summed E-state index contributed by atoms with van der Waals surface area (Å²) in [6.07, 6.45) is 0. The monoisotopic (exact) mass is 304 g/mol. The molecule has 0 saturated carbocycles. The van der Waals surface area contributed by atoms with Gasteiger partial charge in [-0.05, 0) is 24.6 Å². The summed E-state index contributed by atoms with van der Waals surface area (Å²) in [6.45, 7) is 4.95. The van der Waals surface area contributed by atoms with E-state index in [0.717, 1.165) is 6.07 Å². The van der Waals surface area contributed by atoms with Crippen molar-refractivity contribution in [2.75, 3.05) is 26.3 Å². The van der Waals surface area contributed by atoms with Gasteiger partial charge < -0.3 is 10.5 Å². The summed E-state index contributed by atoms with van der Waals surface area (Å²) in [6, 6.07) is 3.94. The third kappa shape index (κ3) is 3.99. The molecule has 0 heterocycles. The standard InChI is InChI=1S/C13H21FN2O3S/c1-3-16(7-8-19-4-2)20(17,18)13-6-5-11(10-15)9-12(13)14/h5-6,9H,3-4,7-8,10,15H2,1-2H3. The fourth-order valence-corrected chi connectivity index (χ4v) is 3.26. The highest BCUT2D eigenvalue weighted by Crippen LogP contribution is 2.20. The lowest BCUT2D eigenvalue weighted by Gasteiger charge is -2.20. The summed E-state index contributed by atoms with van der Waals surface area (Å²) in [4.78, 5) is -0.326. The average molecular weight is 304 g/mol. The van der Waals surface area contributed by atoms with Gasteiger partial charge in [0, 0.05) is 26.2 Å². The Morgan fingerprint density at radius 3 is 2.55 bits per heavy atom. The van der Waals surface area contributed by atoms with Crippen LogP contribution in [0.2, 0.25) is 0 Å². The summed E-state index contributed by atoms with van der Waals surface area (Å²) in [5.74, 6) is -0.775. The summed E-state index contributed by atoms with van der Waals surface area (Å²) >= 11 is 0. The highest BCUT2D eigenvalue weighted by atomic mass is 32.2. The lowest BCUT2D eigenvalue weighted by atomic mass is 10.2. The van der Waals surface area contributed by atoms with E-state index in [1.807, 2.05) is 6.92 Å². The van der Waals surface area contributed by atoms with E-state index in [9.17, 15) is 12.8 Å². The van der Waals surface area contributed by atoms with Gasteiger partial charge in [-0.3, -0.25) is 0 Å². The molecule has 5 nitrogen and oxygen atoms in total. The number of nitrogens with zero attached hydrogens (tertiary/aromatic N) is 1. The SMILES string of the molecule is CCOCCN(CC)S(=O)(=O)c1ccc(CN)cc1F. The van der Waals surface area contributed by atoms with Crippen molar-refractivity contribution in [1.29, 1.82) is 0 Å². The zero-order valence-electron chi connectivity index (χ0n) is 11.8.